The van der Waals surface area contributed by atoms with E-state index in [0.29, 0.717) is 11.0 Å². The molecule has 0 atom stereocenters. The van der Waals surface area contributed by atoms with E-state index in [4.69, 9.17) is 4.42 Å². The van der Waals surface area contributed by atoms with E-state index >= 15 is 0 Å². The molecule has 3 nitrogen and oxygen atoms in total. The van der Waals surface area contributed by atoms with Gasteiger partial charge in [-0.3, -0.25) is 4.79 Å². The highest BCUT2D eigenvalue weighted by Gasteiger charge is 2.41. The van der Waals surface area contributed by atoms with Crippen molar-refractivity contribution >= 4 is 21.8 Å². The largest absolute Gasteiger partial charge is 0.472 e. The third-order valence-corrected chi connectivity index (χ3v) is 3.39. The molecule has 0 saturated heterocycles. The van der Waals surface area contributed by atoms with Gasteiger partial charge in [0.15, 0.2) is 0 Å². The number of amides is 1. The lowest BCUT2D eigenvalue weighted by molar-refractivity contribution is 0.0944. The fourth-order valence-corrected chi connectivity index (χ4v) is 2.50. The third kappa shape index (κ3) is 2.62. The van der Waals surface area contributed by atoms with Crippen molar-refractivity contribution in [2.45, 2.75) is 19.3 Å². The van der Waals surface area contributed by atoms with Crippen molar-refractivity contribution < 1.29 is 9.21 Å². The lowest BCUT2D eigenvalue weighted by Crippen LogP contribution is -2.30. The molecule has 1 aliphatic carbocycles. The highest BCUT2D eigenvalue weighted by molar-refractivity contribution is 9.09. The molecule has 0 bridgehead atoms. The van der Waals surface area contributed by atoms with Crippen molar-refractivity contribution in [1.82, 2.24) is 5.32 Å². The van der Waals surface area contributed by atoms with Gasteiger partial charge in [-0.1, -0.05) is 15.9 Å². The first-order valence-corrected chi connectivity index (χ1v) is 6.24. The van der Waals surface area contributed by atoms with Crippen molar-refractivity contribution in [2.24, 2.45) is 5.41 Å². The molecule has 0 radical (unpaired) electrons. The first-order valence-electron chi connectivity index (χ1n) is 5.12. The Morgan fingerprint density at radius 1 is 1.60 bits per heavy atom. The predicted octanol–water partition coefficient (Wildman–Crippen LogP) is 2.57. The van der Waals surface area contributed by atoms with E-state index in [-0.39, 0.29) is 5.91 Å². The number of carbonyl (C=O) groups excluding carboxylic acids is 1. The lowest BCUT2D eigenvalue weighted by Gasteiger charge is -2.13. The van der Waals surface area contributed by atoms with Crippen LogP contribution in [0.25, 0.3) is 0 Å². The van der Waals surface area contributed by atoms with Crippen LogP contribution in [-0.4, -0.2) is 17.8 Å². The lowest BCUT2D eigenvalue weighted by atomic mass is 10.0. The van der Waals surface area contributed by atoms with E-state index in [1.807, 2.05) is 0 Å². The Hall–Kier alpha value is -0.770. The number of halogens is 1. The van der Waals surface area contributed by atoms with Crippen LogP contribution in [-0.2, 0) is 0 Å². The standard InChI is InChI=1S/C11H14BrNO2/c12-5-4-11(2-3-11)8-13-10(14)9-1-6-15-7-9/h1,6-7H,2-5,8H2,(H,13,14). The predicted molar refractivity (Wildman–Crippen MR) is 61.1 cm³/mol. The number of rotatable bonds is 5. The minimum Gasteiger partial charge on any atom is -0.472 e. The molecule has 1 aliphatic rings. The van der Waals surface area contributed by atoms with Crippen LogP contribution >= 0.6 is 15.9 Å². The van der Waals surface area contributed by atoms with Gasteiger partial charge in [-0.15, -0.1) is 0 Å². The summed E-state index contributed by atoms with van der Waals surface area (Å²) in [6.45, 7) is 0.780. The van der Waals surface area contributed by atoms with Crippen LogP contribution in [0.4, 0.5) is 0 Å². The van der Waals surface area contributed by atoms with Gasteiger partial charge in [0.25, 0.3) is 5.91 Å². The second-order valence-corrected chi connectivity index (χ2v) is 4.93. The molecule has 0 aromatic carbocycles. The van der Waals surface area contributed by atoms with Gasteiger partial charge in [0.1, 0.15) is 6.26 Å². The Morgan fingerprint density at radius 3 is 2.93 bits per heavy atom. The molecule has 1 N–H and O–H groups in total. The van der Waals surface area contributed by atoms with E-state index < -0.39 is 0 Å². The summed E-state index contributed by atoms with van der Waals surface area (Å²) >= 11 is 3.44. The van der Waals surface area contributed by atoms with Gasteiger partial charge in [0.2, 0.25) is 0 Å². The molecule has 4 heteroatoms. The average molecular weight is 272 g/mol. The zero-order valence-corrected chi connectivity index (χ0v) is 10.0. The van der Waals surface area contributed by atoms with Crippen LogP contribution in [0.1, 0.15) is 29.6 Å². The molecule has 15 heavy (non-hydrogen) atoms. The minimum absolute atomic E-state index is 0.0374. The first-order chi connectivity index (χ1) is 7.26. The van der Waals surface area contributed by atoms with Crippen molar-refractivity contribution in [3.8, 4) is 0 Å². The molecule has 1 aromatic heterocycles. The van der Waals surface area contributed by atoms with E-state index in [0.717, 1.165) is 18.3 Å². The van der Waals surface area contributed by atoms with Crippen molar-refractivity contribution in [3.63, 3.8) is 0 Å². The van der Waals surface area contributed by atoms with E-state index in [1.165, 1.54) is 25.4 Å². The number of alkyl halides is 1. The van der Waals surface area contributed by atoms with Crippen LogP contribution in [0.3, 0.4) is 0 Å². The molecule has 1 fully saturated rings. The van der Waals surface area contributed by atoms with Crippen LogP contribution < -0.4 is 5.32 Å². The Bertz CT molecular complexity index is 330. The van der Waals surface area contributed by atoms with E-state index in [9.17, 15) is 4.79 Å². The molecule has 1 amide bonds. The molecular formula is C11H14BrNO2. The third-order valence-electron chi connectivity index (χ3n) is 2.99. The minimum atomic E-state index is -0.0374. The molecule has 1 heterocycles. The number of nitrogens with one attached hydrogen (secondary N) is 1. The van der Waals surface area contributed by atoms with Gasteiger partial charge in [-0.2, -0.15) is 0 Å². The number of carbonyl (C=O) groups is 1. The molecule has 2 rings (SSSR count). The number of furan rings is 1. The van der Waals surface area contributed by atoms with Crippen LogP contribution in [0.5, 0.6) is 0 Å². The second-order valence-electron chi connectivity index (χ2n) is 4.13. The Kier molecular flexibility index (Phi) is 3.14. The fraction of sp³-hybridized carbons (Fsp3) is 0.545. The summed E-state index contributed by atoms with van der Waals surface area (Å²) in [7, 11) is 0. The van der Waals surface area contributed by atoms with Crippen LogP contribution in [0.15, 0.2) is 23.0 Å². The maximum atomic E-state index is 11.6. The molecule has 0 spiro atoms. The average Bonchev–Trinajstić information content (AvgIpc) is 2.81. The number of hydrogen-bond acceptors (Lipinski definition) is 2. The van der Waals surface area contributed by atoms with Gasteiger partial charge in [0, 0.05) is 11.9 Å². The van der Waals surface area contributed by atoms with Crippen LogP contribution in [0, 0.1) is 5.41 Å². The summed E-state index contributed by atoms with van der Waals surface area (Å²) in [5.41, 5.74) is 0.966. The Labute approximate surface area is 97.4 Å². The van der Waals surface area contributed by atoms with Gasteiger partial charge in [-0.05, 0) is 30.7 Å². The summed E-state index contributed by atoms with van der Waals surface area (Å²) in [5, 5.41) is 3.96. The van der Waals surface area contributed by atoms with Gasteiger partial charge in [-0.25, -0.2) is 0 Å². The Morgan fingerprint density at radius 2 is 2.40 bits per heavy atom. The summed E-state index contributed by atoms with van der Waals surface area (Å²) in [5.74, 6) is -0.0374. The summed E-state index contributed by atoms with van der Waals surface area (Å²) in [6.07, 6.45) is 6.58. The van der Waals surface area contributed by atoms with Crippen molar-refractivity contribution in [1.29, 1.82) is 0 Å². The molecule has 0 unspecified atom stereocenters. The highest BCUT2D eigenvalue weighted by atomic mass is 79.9. The van der Waals surface area contributed by atoms with Gasteiger partial charge < -0.3 is 9.73 Å². The van der Waals surface area contributed by atoms with Gasteiger partial charge in [0.05, 0.1) is 11.8 Å². The molecule has 82 valence electrons. The van der Waals surface area contributed by atoms with Gasteiger partial charge >= 0.3 is 0 Å². The molecule has 0 aliphatic heterocycles. The summed E-state index contributed by atoms with van der Waals surface area (Å²) in [6, 6.07) is 1.68. The SMILES string of the molecule is O=C(NCC1(CCBr)CC1)c1ccoc1. The normalized spacial score (nSPS) is 17.4. The second kappa shape index (κ2) is 4.39. The molecular weight excluding hydrogens is 258 g/mol. The highest BCUT2D eigenvalue weighted by Crippen LogP contribution is 2.48. The number of hydrogen-bond donors (Lipinski definition) is 1. The fourth-order valence-electron chi connectivity index (χ4n) is 1.66. The van der Waals surface area contributed by atoms with E-state index in [2.05, 4.69) is 21.2 Å². The van der Waals surface area contributed by atoms with Crippen molar-refractivity contribution in [2.75, 3.05) is 11.9 Å². The molecule has 1 saturated carbocycles. The quantitative estimate of drug-likeness (QED) is 0.837. The first kappa shape index (κ1) is 10.7. The molecule has 1 aromatic rings. The van der Waals surface area contributed by atoms with Crippen LogP contribution in [0.2, 0.25) is 0 Å². The maximum absolute atomic E-state index is 11.6. The zero-order chi connectivity index (χ0) is 10.7. The van der Waals surface area contributed by atoms with E-state index in [1.54, 1.807) is 6.07 Å². The topological polar surface area (TPSA) is 42.2 Å². The zero-order valence-electron chi connectivity index (χ0n) is 8.46. The summed E-state index contributed by atoms with van der Waals surface area (Å²) < 4.78 is 4.86. The Balaban J connectivity index is 1.81. The smallest absolute Gasteiger partial charge is 0.254 e. The summed E-state index contributed by atoms with van der Waals surface area (Å²) in [4.78, 5) is 11.6. The monoisotopic (exact) mass is 271 g/mol. The maximum Gasteiger partial charge on any atom is 0.254 e. The van der Waals surface area contributed by atoms with Crippen molar-refractivity contribution in [3.05, 3.63) is 24.2 Å².